The van der Waals surface area contributed by atoms with Gasteiger partial charge in [-0.25, -0.2) is 4.79 Å². The molecule has 1 spiro atoms. The van der Waals surface area contributed by atoms with Crippen LogP contribution in [-0.2, 0) is 4.74 Å². The highest BCUT2D eigenvalue weighted by Crippen LogP contribution is 2.60. The Labute approximate surface area is 159 Å². The Balaban J connectivity index is 1.20. The Morgan fingerprint density at radius 3 is 2.19 bits per heavy atom. The topological polar surface area (TPSA) is 58.6 Å². The molecule has 0 heterocycles. The zero-order valence-electron chi connectivity index (χ0n) is 15.4. The summed E-state index contributed by atoms with van der Waals surface area (Å²) in [5.41, 5.74) is 4.48. The molecule has 4 nitrogen and oxygen atoms in total. The van der Waals surface area contributed by atoms with Gasteiger partial charge in [-0.15, -0.1) is 0 Å². The van der Waals surface area contributed by atoms with Gasteiger partial charge in [0.15, 0.2) is 0 Å². The highest BCUT2D eigenvalue weighted by molar-refractivity contribution is 5.79. The molecule has 0 aromatic heterocycles. The van der Waals surface area contributed by atoms with E-state index in [0.717, 1.165) is 12.8 Å². The van der Waals surface area contributed by atoms with Gasteiger partial charge in [-0.1, -0.05) is 55.0 Å². The Morgan fingerprint density at radius 1 is 1.04 bits per heavy atom. The van der Waals surface area contributed by atoms with Gasteiger partial charge < -0.3 is 15.2 Å². The molecule has 2 saturated carbocycles. The van der Waals surface area contributed by atoms with E-state index in [9.17, 15) is 9.90 Å². The molecular weight excluding hydrogens is 338 g/mol. The van der Waals surface area contributed by atoms with Crippen LogP contribution in [-0.4, -0.2) is 30.0 Å². The first-order chi connectivity index (χ1) is 13.1. The monoisotopic (exact) mass is 363 g/mol. The van der Waals surface area contributed by atoms with Crippen molar-refractivity contribution in [3.05, 3.63) is 59.7 Å². The second-order valence-corrected chi connectivity index (χ2v) is 8.61. The summed E-state index contributed by atoms with van der Waals surface area (Å²) in [7, 11) is 0. The average molecular weight is 363 g/mol. The van der Waals surface area contributed by atoms with Crippen LogP contribution >= 0.6 is 0 Å². The Morgan fingerprint density at radius 2 is 1.63 bits per heavy atom. The number of hydrogen-bond acceptors (Lipinski definition) is 3. The van der Waals surface area contributed by atoms with Crippen molar-refractivity contribution >= 4 is 6.09 Å². The standard InChI is InChI=1S/C23H25NO3/c25-21(24-15-23(26)13-22(14-23)10-5-11-22)27-12-20-18-8-3-1-6-16(18)17-7-2-4-9-19(17)20/h1-4,6-9,20,26H,5,10-15H2,(H,24,25). The van der Waals surface area contributed by atoms with Gasteiger partial charge in [0.25, 0.3) is 0 Å². The van der Waals surface area contributed by atoms with Gasteiger partial charge in [0.1, 0.15) is 6.61 Å². The molecule has 2 aromatic carbocycles. The summed E-state index contributed by atoms with van der Waals surface area (Å²) < 4.78 is 5.53. The normalized spacial score (nSPS) is 20.9. The van der Waals surface area contributed by atoms with Crippen LogP contribution in [0.2, 0.25) is 0 Å². The molecule has 2 N–H and O–H groups in total. The molecule has 0 unspecified atom stereocenters. The van der Waals surface area contributed by atoms with Gasteiger partial charge in [-0.05, 0) is 53.4 Å². The quantitative estimate of drug-likeness (QED) is 0.855. The highest BCUT2D eigenvalue weighted by Gasteiger charge is 2.56. The summed E-state index contributed by atoms with van der Waals surface area (Å²) in [5, 5.41) is 13.3. The molecule has 1 amide bonds. The molecule has 0 atom stereocenters. The number of hydrogen-bond donors (Lipinski definition) is 2. The van der Waals surface area contributed by atoms with Crippen LogP contribution in [0.25, 0.3) is 11.1 Å². The van der Waals surface area contributed by atoms with Gasteiger partial charge in [-0.3, -0.25) is 0 Å². The summed E-state index contributed by atoms with van der Waals surface area (Å²) in [6.45, 7) is 0.591. The third-order valence-electron chi connectivity index (χ3n) is 6.73. The van der Waals surface area contributed by atoms with Gasteiger partial charge >= 0.3 is 6.09 Å². The Hall–Kier alpha value is -2.33. The summed E-state index contributed by atoms with van der Waals surface area (Å²) in [6, 6.07) is 16.6. The maximum absolute atomic E-state index is 12.2. The van der Waals surface area contributed by atoms with Gasteiger partial charge in [0.05, 0.1) is 5.60 Å². The molecule has 0 saturated heterocycles. The second kappa shape index (κ2) is 6.10. The number of benzene rings is 2. The summed E-state index contributed by atoms with van der Waals surface area (Å²) in [4.78, 5) is 12.2. The molecule has 0 radical (unpaired) electrons. The number of nitrogens with one attached hydrogen (secondary N) is 1. The predicted molar refractivity (Wildman–Crippen MR) is 104 cm³/mol. The van der Waals surface area contributed by atoms with E-state index >= 15 is 0 Å². The first-order valence-corrected chi connectivity index (χ1v) is 9.89. The lowest BCUT2D eigenvalue weighted by Gasteiger charge is -2.58. The van der Waals surface area contributed by atoms with Crippen molar-refractivity contribution in [2.24, 2.45) is 5.41 Å². The van der Waals surface area contributed by atoms with E-state index in [1.807, 2.05) is 24.3 Å². The van der Waals surface area contributed by atoms with Crippen LogP contribution in [0, 0.1) is 5.41 Å². The smallest absolute Gasteiger partial charge is 0.407 e. The number of rotatable bonds is 4. The SMILES string of the molecule is O=C(NCC1(O)CC2(CCC2)C1)OCC1c2ccccc2-c2ccccc21. The maximum Gasteiger partial charge on any atom is 0.407 e. The van der Waals surface area contributed by atoms with Gasteiger partial charge in [0.2, 0.25) is 0 Å². The fourth-order valence-corrected chi connectivity index (χ4v) is 5.39. The van der Waals surface area contributed by atoms with Gasteiger partial charge in [0, 0.05) is 12.5 Å². The molecule has 3 aliphatic carbocycles. The fraction of sp³-hybridized carbons (Fsp3) is 0.435. The molecular formula is C23H25NO3. The largest absolute Gasteiger partial charge is 0.449 e. The molecule has 0 aliphatic heterocycles. The highest BCUT2D eigenvalue weighted by atomic mass is 16.5. The first-order valence-electron chi connectivity index (χ1n) is 9.89. The van der Waals surface area contributed by atoms with E-state index in [2.05, 4.69) is 29.6 Å². The van der Waals surface area contributed by atoms with E-state index in [-0.39, 0.29) is 12.5 Å². The summed E-state index contributed by atoms with van der Waals surface area (Å²) in [5.74, 6) is 0.0631. The average Bonchev–Trinajstić information content (AvgIpc) is 2.95. The van der Waals surface area contributed by atoms with Crippen molar-refractivity contribution in [3.63, 3.8) is 0 Å². The van der Waals surface area contributed by atoms with Crippen molar-refractivity contribution in [1.82, 2.24) is 5.32 Å². The molecule has 0 bridgehead atoms. The molecule has 4 heteroatoms. The van der Waals surface area contributed by atoms with Crippen molar-refractivity contribution in [2.45, 2.75) is 43.6 Å². The molecule has 2 aromatic rings. The number of fused-ring (bicyclic) bond motifs is 3. The number of carbonyl (C=O) groups is 1. The van der Waals surface area contributed by atoms with Crippen LogP contribution in [0.15, 0.2) is 48.5 Å². The third-order valence-corrected chi connectivity index (χ3v) is 6.73. The van der Waals surface area contributed by atoms with E-state index in [1.165, 1.54) is 41.5 Å². The van der Waals surface area contributed by atoms with E-state index in [4.69, 9.17) is 4.74 Å². The number of ether oxygens (including phenoxy) is 1. The lowest BCUT2D eigenvalue weighted by atomic mass is 9.50. The number of alkyl carbamates (subject to hydrolysis) is 1. The van der Waals surface area contributed by atoms with E-state index in [0.29, 0.717) is 12.0 Å². The number of amides is 1. The van der Waals surface area contributed by atoms with Crippen molar-refractivity contribution < 1.29 is 14.6 Å². The van der Waals surface area contributed by atoms with Crippen LogP contribution < -0.4 is 5.32 Å². The number of carbonyl (C=O) groups excluding carboxylic acids is 1. The molecule has 140 valence electrons. The van der Waals surface area contributed by atoms with E-state index < -0.39 is 11.7 Å². The van der Waals surface area contributed by atoms with Crippen molar-refractivity contribution in [1.29, 1.82) is 0 Å². The van der Waals surface area contributed by atoms with Crippen LogP contribution in [0.1, 0.15) is 49.1 Å². The summed E-state index contributed by atoms with van der Waals surface area (Å²) >= 11 is 0. The lowest BCUT2D eigenvalue weighted by molar-refractivity contribution is -0.158. The molecule has 5 rings (SSSR count). The lowest BCUT2D eigenvalue weighted by Crippen LogP contribution is -2.60. The van der Waals surface area contributed by atoms with Crippen molar-refractivity contribution in [3.8, 4) is 11.1 Å². The second-order valence-electron chi connectivity index (χ2n) is 8.61. The van der Waals surface area contributed by atoms with Crippen molar-refractivity contribution in [2.75, 3.05) is 13.2 Å². The zero-order chi connectivity index (χ0) is 18.5. The third kappa shape index (κ3) is 2.83. The maximum atomic E-state index is 12.2. The minimum atomic E-state index is -0.744. The fourth-order valence-electron chi connectivity index (χ4n) is 5.39. The van der Waals surface area contributed by atoms with Crippen LogP contribution in [0.3, 0.4) is 0 Å². The predicted octanol–water partition coefficient (Wildman–Crippen LogP) is 4.22. The van der Waals surface area contributed by atoms with Gasteiger partial charge in [-0.2, -0.15) is 0 Å². The molecule has 2 fully saturated rings. The molecule has 3 aliphatic rings. The van der Waals surface area contributed by atoms with Crippen LogP contribution in [0.5, 0.6) is 0 Å². The molecule has 27 heavy (non-hydrogen) atoms. The Bertz CT molecular complexity index is 833. The van der Waals surface area contributed by atoms with Crippen LogP contribution in [0.4, 0.5) is 4.79 Å². The number of aliphatic hydroxyl groups is 1. The minimum absolute atomic E-state index is 0.0631. The minimum Gasteiger partial charge on any atom is -0.449 e. The Kier molecular flexibility index (Phi) is 3.80. The van der Waals surface area contributed by atoms with E-state index in [1.54, 1.807) is 0 Å². The first kappa shape index (κ1) is 16.8. The zero-order valence-corrected chi connectivity index (χ0v) is 15.4. The summed E-state index contributed by atoms with van der Waals surface area (Å²) in [6.07, 6.45) is 4.89.